The fourth-order valence-corrected chi connectivity index (χ4v) is 4.28. The van der Waals surface area contributed by atoms with E-state index < -0.39 is 34.1 Å². The van der Waals surface area contributed by atoms with Crippen molar-refractivity contribution in [3.63, 3.8) is 0 Å². The topological polar surface area (TPSA) is 144 Å². The molecule has 4 aromatic rings. The average molecular weight is 506 g/mol. The number of benzene rings is 2. The lowest BCUT2D eigenvalue weighted by Gasteiger charge is -2.24. The van der Waals surface area contributed by atoms with Crippen LogP contribution < -0.4 is 11.2 Å². The predicted octanol–water partition coefficient (Wildman–Crippen LogP) is 3.44. The van der Waals surface area contributed by atoms with Crippen molar-refractivity contribution in [3.05, 3.63) is 90.2 Å². The van der Waals surface area contributed by atoms with Gasteiger partial charge in [0.05, 0.1) is 16.7 Å². The summed E-state index contributed by atoms with van der Waals surface area (Å²) < 4.78 is 20.0. The molecule has 0 aliphatic heterocycles. The quantitative estimate of drug-likeness (QED) is 0.419. The van der Waals surface area contributed by atoms with Gasteiger partial charge in [-0.2, -0.15) is 14.8 Å². The van der Waals surface area contributed by atoms with Crippen molar-refractivity contribution in [1.29, 1.82) is 0 Å². The highest BCUT2D eigenvalue weighted by Gasteiger charge is 2.34. The van der Waals surface area contributed by atoms with Crippen LogP contribution in [0.15, 0.2) is 50.5 Å². The summed E-state index contributed by atoms with van der Waals surface area (Å²) in [5, 5.41) is 16.8. The van der Waals surface area contributed by atoms with Gasteiger partial charge in [-0.15, -0.1) is 0 Å². The van der Waals surface area contributed by atoms with E-state index in [1.165, 1.54) is 30.3 Å². The normalized spacial score (nSPS) is 11.6. The number of nitrogens with zero attached hydrogens (tertiary/aromatic N) is 4. The molecule has 174 valence electrons. The molecule has 0 unspecified atom stereocenters. The van der Waals surface area contributed by atoms with Crippen molar-refractivity contribution >= 4 is 29.2 Å². The van der Waals surface area contributed by atoms with Gasteiger partial charge in [0.25, 0.3) is 11.4 Å². The van der Waals surface area contributed by atoms with Gasteiger partial charge < -0.3 is 9.63 Å². The maximum atomic E-state index is 14.1. The van der Waals surface area contributed by atoms with Crippen molar-refractivity contribution in [3.8, 4) is 17.1 Å². The Balaban J connectivity index is 1.80. The van der Waals surface area contributed by atoms with E-state index in [-0.39, 0.29) is 33.0 Å². The van der Waals surface area contributed by atoms with Crippen LogP contribution >= 0.6 is 23.2 Å². The Morgan fingerprint density at radius 2 is 1.82 bits per heavy atom. The van der Waals surface area contributed by atoms with Crippen LogP contribution in [-0.4, -0.2) is 36.0 Å². The van der Waals surface area contributed by atoms with Crippen LogP contribution in [0.3, 0.4) is 0 Å². The Kier molecular flexibility index (Phi) is 5.84. The molecule has 10 nitrogen and oxygen atoms in total. The molecule has 0 aliphatic rings. The lowest BCUT2D eigenvalue weighted by Crippen LogP contribution is -2.35. The number of carboxylic acids is 1. The van der Waals surface area contributed by atoms with Crippen molar-refractivity contribution in [2.75, 3.05) is 0 Å². The standard InChI is InChI=1S/C21H14Cl2FN5O5/c1-21(2,19-26-17(34-28-19)10-5-3-4-6-13(10)24)14-11(22)7-9(8-12(14)23)29-20(33)25-16(30)15(27-29)18(31)32/h3-8H,1-2H3,(H,31,32)(H,25,30,33). The average Bonchev–Trinajstić information content (AvgIpc) is 3.24. The summed E-state index contributed by atoms with van der Waals surface area (Å²) in [5.74, 6) is -2.02. The summed E-state index contributed by atoms with van der Waals surface area (Å²) in [4.78, 5) is 41.3. The number of aromatic nitrogens is 5. The SMILES string of the molecule is CC(C)(c1noc(-c2ccccc2F)n1)c1c(Cl)cc(-n2nc(C(=O)O)c(=O)[nH]c2=O)cc1Cl. The number of carboxylic acid groups (broad SMARTS) is 1. The Morgan fingerprint density at radius 1 is 1.18 bits per heavy atom. The molecule has 0 saturated heterocycles. The molecule has 13 heteroatoms. The third-order valence-corrected chi connectivity index (χ3v) is 5.61. The minimum absolute atomic E-state index is 0.0125. The zero-order valence-corrected chi connectivity index (χ0v) is 19.0. The largest absolute Gasteiger partial charge is 0.476 e. The molecule has 0 fully saturated rings. The van der Waals surface area contributed by atoms with Gasteiger partial charge in [-0.05, 0) is 38.1 Å². The summed E-state index contributed by atoms with van der Waals surface area (Å²) in [6, 6.07) is 8.56. The first-order chi connectivity index (χ1) is 16.0. The molecule has 0 atom stereocenters. The van der Waals surface area contributed by atoms with Crippen LogP contribution in [0.5, 0.6) is 0 Å². The number of aromatic carboxylic acids is 1. The van der Waals surface area contributed by atoms with Gasteiger partial charge in [0.1, 0.15) is 5.82 Å². The number of carbonyl (C=O) groups is 1. The molecule has 0 amide bonds. The van der Waals surface area contributed by atoms with Gasteiger partial charge in [-0.1, -0.05) is 40.5 Å². The monoisotopic (exact) mass is 505 g/mol. The summed E-state index contributed by atoms with van der Waals surface area (Å²) in [5.41, 5.74) is -3.55. The summed E-state index contributed by atoms with van der Waals surface area (Å²) in [7, 11) is 0. The van der Waals surface area contributed by atoms with Crippen molar-refractivity contribution in [2.45, 2.75) is 19.3 Å². The summed E-state index contributed by atoms with van der Waals surface area (Å²) >= 11 is 13.0. The molecule has 4 rings (SSSR count). The maximum Gasteiger partial charge on any atom is 0.362 e. The first-order valence-electron chi connectivity index (χ1n) is 9.56. The van der Waals surface area contributed by atoms with Gasteiger partial charge >= 0.3 is 11.7 Å². The predicted molar refractivity (Wildman–Crippen MR) is 119 cm³/mol. The molecule has 2 aromatic carbocycles. The molecule has 0 spiro atoms. The minimum Gasteiger partial charge on any atom is -0.476 e. The Bertz CT molecular complexity index is 1540. The molecule has 0 radical (unpaired) electrons. The third kappa shape index (κ3) is 3.99. The van der Waals surface area contributed by atoms with E-state index in [4.69, 9.17) is 32.8 Å². The molecule has 0 bridgehead atoms. The van der Waals surface area contributed by atoms with Crippen LogP contribution in [-0.2, 0) is 5.41 Å². The summed E-state index contributed by atoms with van der Waals surface area (Å²) in [6.07, 6.45) is 0. The highest BCUT2D eigenvalue weighted by molar-refractivity contribution is 6.36. The number of rotatable bonds is 5. The maximum absolute atomic E-state index is 14.1. The van der Waals surface area contributed by atoms with Gasteiger partial charge in [0.2, 0.25) is 5.69 Å². The number of hydrogen-bond acceptors (Lipinski definition) is 7. The number of nitrogens with one attached hydrogen (secondary N) is 1. The first kappa shape index (κ1) is 23.3. The van der Waals surface area contributed by atoms with E-state index in [0.29, 0.717) is 10.2 Å². The smallest absolute Gasteiger partial charge is 0.362 e. The highest BCUT2D eigenvalue weighted by Crippen LogP contribution is 2.41. The second-order valence-electron chi connectivity index (χ2n) is 7.64. The van der Waals surface area contributed by atoms with Crippen LogP contribution in [0.1, 0.15) is 35.7 Å². The Labute approximate surface area is 199 Å². The van der Waals surface area contributed by atoms with E-state index in [0.717, 1.165) is 0 Å². The van der Waals surface area contributed by atoms with Gasteiger partial charge in [0.15, 0.2) is 5.82 Å². The molecule has 2 aromatic heterocycles. The third-order valence-electron chi connectivity index (χ3n) is 5.02. The Hall–Kier alpha value is -3.83. The van der Waals surface area contributed by atoms with Crippen LogP contribution in [0.2, 0.25) is 10.0 Å². The fourth-order valence-electron chi connectivity index (χ4n) is 3.33. The van der Waals surface area contributed by atoms with Crippen molar-refractivity contribution in [1.82, 2.24) is 24.9 Å². The van der Waals surface area contributed by atoms with E-state index in [2.05, 4.69) is 15.2 Å². The minimum atomic E-state index is -1.62. The second-order valence-corrected chi connectivity index (χ2v) is 8.45. The lowest BCUT2D eigenvalue weighted by molar-refractivity contribution is 0.0685. The van der Waals surface area contributed by atoms with Crippen molar-refractivity contribution in [2.24, 2.45) is 0 Å². The fraction of sp³-hybridized carbons (Fsp3) is 0.143. The molecule has 2 N–H and O–H groups in total. The lowest BCUT2D eigenvalue weighted by atomic mass is 9.83. The number of hydrogen-bond donors (Lipinski definition) is 2. The van der Waals surface area contributed by atoms with Gasteiger partial charge in [-0.3, -0.25) is 9.78 Å². The molecule has 0 aliphatic carbocycles. The van der Waals surface area contributed by atoms with Crippen LogP contribution in [0, 0.1) is 5.82 Å². The van der Waals surface area contributed by atoms with Gasteiger partial charge in [-0.25, -0.2) is 14.0 Å². The second kappa shape index (κ2) is 8.50. The van der Waals surface area contributed by atoms with Gasteiger partial charge in [0, 0.05) is 15.6 Å². The van der Waals surface area contributed by atoms with E-state index in [1.807, 2.05) is 4.98 Å². The molecule has 34 heavy (non-hydrogen) atoms. The molecular weight excluding hydrogens is 492 g/mol. The molecule has 0 saturated carbocycles. The van der Waals surface area contributed by atoms with E-state index >= 15 is 0 Å². The highest BCUT2D eigenvalue weighted by atomic mass is 35.5. The van der Waals surface area contributed by atoms with Crippen LogP contribution in [0.25, 0.3) is 17.1 Å². The molecule has 2 heterocycles. The first-order valence-corrected chi connectivity index (χ1v) is 10.3. The van der Waals surface area contributed by atoms with E-state index in [9.17, 15) is 18.8 Å². The zero-order chi connectivity index (χ0) is 24.8. The Morgan fingerprint density at radius 3 is 2.44 bits per heavy atom. The zero-order valence-electron chi connectivity index (χ0n) is 17.5. The molecular formula is C21H14Cl2FN5O5. The number of H-pyrrole nitrogens is 1. The van der Waals surface area contributed by atoms with E-state index in [1.54, 1.807) is 19.9 Å². The number of aromatic amines is 1. The summed E-state index contributed by atoms with van der Waals surface area (Å²) in [6.45, 7) is 3.42. The van der Waals surface area contributed by atoms with Crippen LogP contribution in [0.4, 0.5) is 4.39 Å². The van der Waals surface area contributed by atoms with Crippen molar-refractivity contribution < 1.29 is 18.8 Å². The number of halogens is 3.